The summed E-state index contributed by atoms with van der Waals surface area (Å²) in [5, 5.41) is 6.68. The van der Waals surface area contributed by atoms with Crippen molar-refractivity contribution in [3.05, 3.63) is 53.8 Å². The molecular formula is C20H23FN6O3S. The average Bonchev–Trinajstić information content (AvgIpc) is 3.09. The van der Waals surface area contributed by atoms with E-state index in [1.54, 1.807) is 44.3 Å². The van der Waals surface area contributed by atoms with Gasteiger partial charge in [0.2, 0.25) is 10.8 Å². The number of hydrogen-bond acceptors (Lipinski definition) is 8. The van der Waals surface area contributed by atoms with Crippen molar-refractivity contribution in [2.24, 2.45) is 0 Å². The van der Waals surface area contributed by atoms with Gasteiger partial charge in [0.25, 0.3) is 0 Å². The highest BCUT2D eigenvalue weighted by Crippen LogP contribution is 2.26. The summed E-state index contributed by atoms with van der Waals surface area (Å²) >= 11 is 0. The lowest BCUT2D eigenvalue weighted by atomic mass is 10.1. The number of sulfonamides is 1. The number of para-hydroxylation sites is 1. The lowest BCUT2D eigenvalue weighted by Gasteiger charge is -2.32. The molecule has 3 aromatic rings. The first-order valence-electron chi connectivity index (χ1n) is 9.88. The van der Waals surface area contributed by atoms with Crippen molar-refractivity contribution >= 4 is 27.9 Å². The maximum absolute atomic E-state index is 13.9. The molecule has 1 saturated heterocycles. The molecule has 0 radical (unpaired) electrons. The zero-order valence-electron chi connectivity index (χ0n) is 17.2. The first kappa shape index (κ1) is 21.3. The SMILES string of the molecule is Cc1noc(C)c1[S+](=O)([O-])NC1CCN(c2nccc(Nc3ccccc3F)n2)CC1. The van der Waals surface area contributed by atoms with Gasteiger partial charge in [0.15, 0.2) is 16.2 Å². The van der Waals surface area contributed by atoms with E-state index >= 15 is 0 Å². The Labute approximate surface area is 180 Å². The fraction of sp³-hybridized carbons (Fsp3) is 0.350. The van der Waals surface area contributed by atoms with E-state index in [1.165, 1.54) is 6.07 Å². The van der Waals surface area contributed by atoms with Crippen LogP contribution in [0.4, 0.5) is 21.8 Å². The van der Waals surface area contributed by atoms with Crippen LogP contribution in [0.1, 0.15) is 24.3 Å². The van der Waals surface area contributed by atoms with Crippen LogP contribution in [0.2, 0.25) is 0 Å². The normalized spacial score (nSPS) is 16.8. The second-order valence-electron chi connectivity index (χ2n) is 7.38. The molecule has 31 heavy (non-hydrogen) atoms. The van der Waals surface area contributed by atoms with Gasteiger partial charge in [-0.15, -0.1) is 4.72 Å². The van der Waals surface area contributed by atoms with Gasteiger partial charge in [-0.2, -0.15) is 4.98 Å². The number of nitrogens with one attached hydrogen (secondary N) is 2. The summed E-state index contributed by atoms with van der Waals surface area (Å²) in [6, 6.07) is 7.82. The molecule has 9 nitrogen and oxygen atoms in total. The molecule has 1 atom stereocenters. The van der Waals surface area contributed by atoms with Crippen LogP contribution in [-0.2, 0) is 14.6 Å². The Balaban J connectivity index is 1.39. The molecule has 4 rings (SSSR count). The molecule has 1 aromatic carbocycles. The predicted octanol–water partition coefficient (Wildman–Crippen LogP) is 3.13. The molecule has 1 unspecified atom stereocenters. The molecule has 0 spiro atoms. The average molecular weight is 447 g/mol. The number of aryl methyl sites for hydroxylation is 2. The van der Waals surface area contributed by atoms with Gasteiger partial charge in [0.05, 0.1) is 11.7 Å². The standard InChI is InChI=1S/C20H23FN6O3S/c1-13-19(14(2)30-25-13)31(28,29)26-15-8-11-27(12-9-15)20-22-10-7-18(24-20)23-17-6-4-3-5-16(17)21/h3-7,10,15H,8-9,11-12H2,1-2H3,(H2-,22,23,24,26,28,29). The third-order valence-electron chi connectivity index (χ3n) is 5.12. The maximum Gasteiger partial charge on any atom is 0.240 e. The molecule has 0 amide bonds. The lowest BCUT2D eigenvalue weighted by Crippen LogP contribution is -2.47. The fourth-order valence-electron chi connectivity index (χ4n) is 3.60. The van der Waals surface area contributed by atoms with Crippen molar-refractivity contribution in [2.45, 2.75) is 37.6 Å². The minimum absolute atomic E-state index is 0.102. The zero-order chi connectivity index (χ0) is 22.0. The Hall–Kier alpha value is -2.89. The minimum atomic E-state index is -3.71. The Bertz CT molecular complexity index is 1100. The van der Waals surface area contributed by atoms with E-state index in [0.29, 0.717) is 49.1 Å². The van der Waals surface area contributed by atoms with E-state index in [-0.39, 0.29) is 22.5 Å². The van der Waals surface area contributed by atoms with Crippen molar-refractivity contribution in [1.82, 2.24) is 19.8 Å². The number of anilines is 3. The number of halogens is 1. The van der Waals surface area contributed by atoms with Crippen molar-refractivity contribution in [2.75, 3.05) is 23.3 Å². The number of rotatable bonds is 6. The van der Waals surface area contributed by atoms with E-state index in [2.05, 4.69) is 25.2 Å². The number of benzene rings is 1. The molecule has 0 bridgehead atoms. The van der Waals surface area contributed by atoms with E-state index in [4.69, 9.17) is 4.52 Å². The zero-order valence-corrected chi connectivity index (χ0v) is 18.0. The first-order valence-corrected chi connectivity index (χ1v) is 11.4. The number of piperidine rings is 1. The molecule has 11 heteroatoms. The van der Waals surface area contributed by atoms with E-state index in [0.717, 1.165) is 0 Å². The van der Waals surface area contributed by atoms with Crippen LogP contribution < -0.4 is 14.9 Å². The lowest BCUT2D eigenvalue weighted by molar-refractivity contribution is 0.387. The van der Waals surface area contributed by atoms with E-state index < -0.39 is 10.4 Å². The third-order valence-corrected chi connectivity index (χ3v) is 6.88. The summed E-state index contributed by atoms with van der Waals surface area (Å²) < 4.78 is 47.0. The van der Waals surface area contributed by atoms with Crippen LogP contribution in [0.5, 0.6) is 0 Å². The quantitative estimate of drug-likeness (QED) is 0.554. The molecule has 2 aromatic heterocycles. The van der Waals surface area contributed by atoms with Gasteiger partial charge < -0.3 is 19.3 Å². The van der Waals surface area contributed by atoms with Crippen LogP contribution in [0.15, 0.2) is 45.9 Å². The molecule has 1 fully saturated rings. The summed E-state index contributed by atoms with van der Waals surface area (Å²) in [7, 11) is -3.71. The summed E-state index contributed by atoms with van der Waals surface area (Å²) in [6.07, 6.45) is 2.80. The molecule has 164 valence electrons. The number of aromatic nitrogens is 3. The van der Waals surface area contributed by atoms with Gasteiger partial charge in [-0.05, 0) is 38.0 Å². The molecule has 1 aliphatic rings. The highest BCUT2D eigenvalue weighted by Gasteiger charge is 2.34. The number of nitrogens with zero attached hydrogens (tertiary/aromatic N) is 4. The van der Waals surface area contributed by atoms with E-state index in [9.17, 15) is 13.2 Å². The van der Waals surface area contributed by atoms with Crippen LogP contribution in [0.3, 0.4) is 0 Å². The molecule has 0 saturated carbocycles. The first-order chi connectivity index (χ1) is 14.8. The van der Waals surface area contributed by atoms with Gasteiger partial charge in [-0.3, -0.25) is 0 Å². The van der Waals surface area contributed by atoms with Crippen molar-refractivity contribution < 1.29 is 17.7 Å². The molecular weight excluding hydrogens is 423 g/mol. The molecule has 3 heterocycles. The summed E-state index contributed by atoms with van der Waals surface area (Å²) in [5.41, 5.74) is 0.676. The van der Waals surface area contributed by atoms with E-state index in [1.807, 2.05) is 4.90 Å². The smallest absolute Gasteiger partial charge is 0.240 e. The maximum atomic E-state index is 13.9. The topological polar surface area (TPSA) is 119 Å². The Morgan fingerprint density at radius 1 is 1.23 bits per heavy atom. The third kappa shape index (κ3) is 4.73. The van der Waals surface area contributed by atoms with Gasteiger partial charge >= 0.3 is 0 Å². The van der Waals surface area contributed by atoms with Gasteiger partial charge in [0.1, 0.15) is 17.3 Å². The van der Waals surface area contributed by atoms with Crippen LogP contribution >= 0.6 is 0 Å². The molecule has 1 aliphatic heterocycles. The molecule has 0 aliphatic carbocycles. The predicted molar refractivity (Wildman–Crippen MR) is 113 cm³/mol. The highest BCUT2D eigenvalue weighted by molar-refractivity contribution is 7.95. The van der Waals surface area contributed by atoms with Crippen LogP contribution in [-0.4, -0.2) is 38.8 Å². The van der Waals surface area contributed by atoms with Crippen molar-refractivity contribution in [3.63, 3.8) is 0 Å². The largest absolute Gasteiger partial charge is 0.593 e. The second-order valence-corrected chi connectivity index (χ2v) is 9.03. The van der Waals surface area contributed by atoms with Crippen molar-refractivity contribution in [1.29, 1.82) is 0 Å². The summed E-state index contributed by atoms with van der Waals surface area (Å²) in [4.78, 5) is 10.9. The highest BCUT2D eigenvalue weighted by atomic mass is 32.3. The second kappa shape index (κ2) is 8.69. The van der Waals surface area contributed by atoms with Crippen LogP contribution in [0.25, 0.3) is 0 Å². The van der Waals surface area contributed by atoms with Gasteiger partial charge in [-0.25, -0.2) is 9.37 Å². The number of hydrogen-bond donors (Lipinski definition) is 2. The fourth-order valence-corrected chi connectivity index (χ4v) is 5.24. The van der Waals surface area contributed by atoms with Gasteiger partial charge in [0, 0.05) is 26.2 Å². The Kier molecular flexibility index (Phi) is 5.99. The summed E-state index contributed by atoms with van der Waals surface area (Å²) in [5.74, 6) is 0.897. The Morgan fingerprint density at radius 3 is 2.65 bits per heavy atom. The summed E-state index contributed by atoms with van der Waals surface area (Å²) in [6.45, 7) is 4.35. The van der Waals surface area contributed by atoms with Crippen molar-refractivity contribution in [3.8, 4) is 0 Å². The Morgan fingerprint density at radius 2 is 1.97 bits per heavy atom. The van der Waals surface area contributed by atoms with Gasteiger partial charge in [-0.1, -0.05) is 21.5 Å². The molecule has 2 N–H and O–H groups in total. The minimum Gasteiger partial charge on any atom is -0.593 e. The monoisotopic (exact) mass is 446 g/mol. The van der Waals surface area contributed by atoms with Crippen LogP contribution in [0, 0.1) is 19.7 Å².